The van der Waals surface area contributed by atoms with Gasteiger partial charge in [0.1, 0.15) is 12.4 Å². The van der Waals surface area contributed by atoms with Crippen LogP contribution in [-0.4, -0.2) is 79.5 Å². The first kappa shape index (κ1) is 26.9. The number of aliphatic carboxylic acids is 1. The van der Waals surface area contributed by atoms with Crippen LogP contribution < -0.4 is 14.2 Å². The molecule has 0 aliphatic carbocycles. The van der Waals surface area contributed by atoms with Gasteiger partial charge < -0.3 is 29.0 Å². The van der Waals surface area contributed by atoms with E-state index in [1.807, 2.05) is 49.4 Å². The van der Waals surface area contributed by atoms with Crippen LogP contribution in [0.4, 0.5) is 4.79 Å². The number of carboxylic acids is 1. The molecule has 4 rings (SSSR count). The normalized spacial score (nSPS) is 20.6. The van der Waals surface area contributed by atoms with E-state index >= 15 is 0 Å². The summed E-state index contributed by atoms with van der Waals surface area (Å²) >= 11 is 5.69. The Hall–Kier alpha value is -3.17. The van der Waals surface area contributed by atoms with E-state index in [0.29, 0.717) is 43.4 Å². The minimum Gasteiger partial charge on any atom is -0.497 e. The van der Waals surface area contributed by atoms with E-state index in [4.69, 9.17) is 30.5 Å². The molecular weight excluding hydrogens is 500 g/mol. The molecule has 37 heavy (non-hydrogen) atoms. The van der Waals surface area contributed by atoms with Crippen LogP contribution in [0.15, 0.2) is 42.5 Å². The Morgan fingerprint density at radius 1 is 1.11 bits per heavy atom. The summed E-state index contributed by atoms with van der Waals surface area (Å²) in [5.74, 6) is 0.328. The number of alkyl halides is 1. The lowest BCUT2D eigenvalue weighted by Crippen LogP contribution is -2.40. The summed E-state index contributed by atoms with van der Waals surface area (Å²) in [6.45, 7) is 4.22. The lowest BCUT2D eigenvalue weighted by molar-refractivity contribution is -0.143. The SMILES string of the molecule is CCCN(CCN1C[C@H](c2ccc3c(c2)OCO3)[C@H](C(=O)O)[C@H]1c1ccc(OC)cc1)C(=O)OCCCl. The number of carbonyl (C=O) groups excluding carboxylic acids is 1. The molecule has 2 aliphatic heterocycles. The molecule has 0 unspecified atom stereocenters. The van der Waals surface area contributed by atoms with Gasteiger partial charge in [-0.1, -0.05) is 25.1 Å². The van der Waals surface area contributed by atoms with Crippen molar-refractivity contribution in [3.63, 3.8) is 0 Å². The van der Waals surface area contributed by atoms with Crippen molar-refractivity contribution in [2.75, 3.05) is 52.6 Å². The van der Waals surface area contributed by atoms with Gasteiger partial charge in [-0.15, -0.1) is 11.6 Å². The fourth-order valence-electron chi connectivity index (χ4n) is 5.17. The molecular formula is C27H33ClN2O7. The zero-order valence-electron chi connectivity index (χ0n) is 21.1. The monoisotopic (exact) mass is 532 g/mol. The van der Waals surface area contributed by atoms with E-state index in [2.05, 4.69) is 4.90 Å². The van der Waals surface area contributed by atoms with E-state index in [0.717, 1.165) is 17.5 Å². The van der Waals surface area contributed by atoms with Crippen LogP contribution in [-0.2, 0) is 9.53 Å². The second-order valence-corrected chi connectivity index (χ2v) is 9.46. The van der Waals surface area contributed by atoms with E-state index in [9.17, 15) is 14.7 Å². The van der Waals surface area contributed by atoms with E-state index in [-0.39, 0.29) is 25.2 Å². The Morgan fingerprint density at radius 3 is 2.51 bits per heavy atom. The minimum atomic E-state index is -0.877. The molecule has 0 saturated carbocycles. The van der Waals surface area contributed by atoms with Gasteiger partial charge in [0, 0.05) is 38.1 Å². The van der Waals surface area contributed by atoms with Gasteiger partial charge in [-0.2, -0.15) is 0 Å². The van der Waals surface area contributed by atoms with Gasteiger partial charge in [-0.05, 0) is 41.8 Å². The van der Waals surface area contributed by atoms with Gasteiger partial charge in [-0.3, -0.25) is 9.69 Å². The van der Waals surface area contributed by atoms with E-state index in [1.54, 1.807) is 12.0 Å². The average molecular weight is 533 g/mol. The third-order valence-corrected chi connectivity index (χ3v) is 7.03. The first-order chi connectivity index (χ1) is 18.0. The summed E-state index contributed by atoms with van der Waals surface area (Å²) in [7, 11) is 1.60. The quantitative estimate of drug-likeness (QED) is 0.426. The Balaban J connectivity index is 1.64. The summed E-state index contributed by atoms with van der Waals surface area (Å²) in [4.78, 5) is 29.1. The van der Waals surface area contributed by atoms with Gasteiger partial charge in [0.05, 0.1) is 18.9 Å². The summed E-state index contributed by atoms with van der Waals surface area (Å²) in [5, 5.41) is 10.4. The van der Waals surface area contributed by atoms with Crippen molar-refractivity contribution in [1.82, 2.24) is 9.80 Å². The van der Waals surface area contributed by atoms with Crippen LogP contribution in [0, 0.1) is 5.92 Å². The van der Waals surface area contributed by atoms with Crippen molar-refractivity contribution in [2.45, 2.75) is 25.3 Å². The highest BCUT2D eigenvalue weighted by atomic mass is 35.5. The largest absolute Gasteiger partial charge is 0.497 e. The Morgan fingerprint density at radius 2 is 1.84 bits per heavy atom. The molecule has 9 nitrogen and oxygen atoms in total. The molecule has 200 valence electrons. The molecule has 1 N–H and O–H groups in total. The molecule has 2 aromatic rings. The number of halogens is 1. The van der Waals surface area contributed by atoms with Crippen LogP contribution in [0.3, 0.4) is 0 Å². The Bertz CT molecular complexity index is 1080. The van der Waals surface area contributed by atoms with Crippen LogP contribution in [0.2, 0.25) is 0 Å². The lowest BCUT2D eigenvalue weighted by Gasteiger charge is -2.30. The maximum absolute atomic E-state index is 12.7. The van der Waals surface area contributed by atoms with Crippen molar-refractivity contribution in [3.05, 3.63) is 53.6 Å². The Kier molecular flexibility index (Phi) is 9.00. The zero-order chi connectivity index (χ0) is 26.4. The first-order valence-electron chi connectivity index (χ1n) is 12.4. The number of hydrogen-bond acceptors (Lipinski definition) is 7. The summed E-state index contributed by atoms with van der Waals surface area (Å²) in [6.07, 6.45) is 0.361. The molecule has 1 fully saturated rings. The molecule has 2 aromatic carbocycles. The van der Waals surface area contributed by atoms with Gasteiger partial charge in [0.2, 0.25) is 6.79 Å². The van der Waals surface area contributed by atoms with Crippen molar-refractivity contribution < 1.29 is 33.6 Å². The molecule has 0 bridgehead atoms. The lowest BCUT2D eigenvalue weighted by atomic mass is 9.82. The fraction of sp³-hybridized carbons (Fsp3) is 0.481. The number of hydrogen-bond donors (Lipinski definition) is 1. The van der Waals surface area contributed by atoms with E-state index < -0.39 is 24.0 Å². The maximum atomic E-state index is 12.7. The number of rotatable bonds is 11. The molecule has 1 saturated heterocycles. The smallest absolute Gasteiger partial charge is 0.409 e. The number of ether oxygens (including phenoxy) is 4. The number of benzene rings is 2. The van der Waals surface area contributed by atoms with Gasteiger partial charge >= 0.3 is 12.1 Å². The maximum Gasteiger partial charge on any atom is 0.409 e. The average Bonchev–Trinajstić information content (AvgIpc) is 3.54. The molecule has 0 spiro atoms. The van der Waals surface area contributed by atoms with Gasteiger partial charge in [0.15, 0.2) is 11.5 Å². The molecule has 1 amide bonds. The second-order valence-electron chi connectivity index (χ2n) is 9.09. The predicted molar refractivity (Wildman–Crippen MR) is 138 cm³/mol. The van der Waals surface area contributed by atoms with Crippen molar-refractivity contribution in [1.29, 1.82) is 0 Å². The van der Waals surface area contributed by atoms with Crippen molar-refractivity contribution in [3.8, 4) is 17.2 Å². The van der Waals surface area contributed by atoms with Crippen LogP contribution in [0.25, 0.3) is 0 Å². The number of methoxy groups -OCH3 is 1. The predicted octanol–water partition coefficient (Wildman–Crippen LogP) is 4.35. The molecule has 10 heteroatoms. The number of carboxylic acid groups (broad SMARTS) is 1. The molecule has 2 heterocycles. The summed E-state index contributed by atoms with van der Waals surface area (Å²) in [6, 6.07) is 12.7. The molecule has 3 atom stereocenters. The number of carbonyl (C=O) groups is 2. The molecule has 0 aromatic heterocycles. The highest BCUT2D eigenvalue weighted by Gasteiger charge is 2.47. The molecule has 2 aliphatic rings. The van der Waals surface area contributed by atoms with Crippen molar-refractivity contribution in [2.24, 2.45) is 5.92 Å². The van der Waals surface area contributed by atoms with Crippen LogP contribution in [0.1, 0.15) is 36.4 Å². The van der Waals surface area contributed by atoms with Crippen molar-refractivity contribution >= 4 is 23.7 Å². The van der Waals surface area contributed by atoms with E-state index in [1.165, 1.54) is 0 Å². The highest BCUT2D eigenvalue weighted by Crippen LogP contribution is 2.47. The summed E-state index contributed by atoms with van der Waals surface area (Å²) in [5.41, 5.74) is 1.76. The third-order valence-electron chi connectivity index (χ3n) is 6.88. The topological polar surface area (TPSA) is 97.8 Å². The first-order valence-corrected chi connectivity index (χ1v) is 13.0. The number of amides is 1. The number of likely N-dealkylation sites (tertiary alicyclic amines) is 1. The molecule has 0 radical (unpaired) electrons. The zero-order valence-corrected chi connectivity index (χ0v) is 21.9. The second kappa shape index (κ2) is 12.4. The fourth-order valence-corrected chi connectivity index (χ4v) is 5.25. The highest BCUT2D eigenvalue weighted by molar-refractivity contribution is 6.18. The number of nitrogens with zero attached hydrogens (tertiary/aromatic N) is 2. The number of fused-ring (bicyclic) bond motifs is 1. The van der Waals surface area contributed by atoms with Crippen LogP contribution in [0.5, 0.6) is 17.2 Å². The standard InChI is InChI=1S/C27H33ClN2O7/c1-3-11-29(27(33)35-14-10-28)12-13-30-16-21(19-6-9-22-23(15-19)37-17-36-22)24(26(31)32)25(30)18-4-7-20(34-2)8-5-18/h4-9,15,21,24-25H,3,10-14,16-17H2,1-2H3,(H,31,32)/t21-,24+,25-/m1/s1. The summed E-state index contributed by atoms with van der Waals surface area (Å²) < 4.78 is 21.6. The van der Waals surface area contributed by atoms with Gasteiger partial charge in [0.25, 0.3) is 0 Å². The van der Waals surface area contributed by atoms with Crippen LogP contribution >= 0.6 is 11.6 Å². The third kappa shape index (κ3) is 6.05. The Labute approximate surface area is 221 Å². The van der Waals surface area contributed by atoms with Gasteiger partial charge in [-0.25, -0.2) is 4.79 Å². The minimum absolute atomic E-state index is 0.145.